The SMILES string of the molecule is CCC1CCN2CCC(c3ccccc3)C12[P+](CC)(CC)CC. The highest BCUT2D eigenvalue weighted by atomic mass is 31.2. The Labute approximate surface area is 144 Å². The van der Waals surface area contributed by atoms with E-state index in [1.54, 1.807) is 5.56 Å². The number of nitrogens with zero attached hydrogens (tertiary/aromatic N) is 1. The molecule has 2 aliphatic rings. The molecule has 2 heteroatoms. The molecule has 0 aliphatic carbocycles. The number of hydrogen-bond donors (Lipinski definition) is 0. The summed E-state index contributed by atoms with van der Waals surface area (Å²) in [5.41, 5.74) is 1.62. The molecule has 1 aromatic carbocycles. The molecule has 3 atom stereocenters. The van der Waals surface area contributed by atoms with Gasteiger partial charge in [-0.05, 0) is 45.6 Å². The molecule has 0 radical (unpaired) electrons. The predicted octanol–water partition coefficient (Wildman–Crippen LogP) is 5.68. The summed E-state index contributed by atoms with van der Waals surface area (Å²) in [4.78, 5) is 2.98. The van der Waals surface area contributed by atoms with Crippen molar-refractivity contribution in [3.63, 3.8) is 0 Å². The van der Waals surface area contributed by atoms with Gasteiger partial charge in [-0.2, -0.15) is 0 Å². The van der Waals surface area contributed by atoms with Gasteiger partial charge in [0, 0.05) is 32.2 Å². The molecule has 2 saturated heterocycles. The van der Waals surface area contributed by atoms with E-state index in [0.29, 0.717) is 5.28 Å². The van der Waals surface area contributed by atoms with Gasteiger partial charge in [0.1, 0.15) is 5.28 Å². The molecule has 23 heavy (non-hydrogen) atoms. The third kappa shape index (κ3) is 2.34. The Morgan fingerprint density at radius 1 is 0.957 bits per heavy atom. The lowest BCUT2D eigenvalue weighted by molar-refractivity contribution is 0.222. The maximum atomic E-state index is 2.98. The van der Waals surface area contributed by atoms with Crippen LogP contribution in [0.2, 0.25) is 0 Å². The van der Waals surface area contributed by atoms with Gasteiger partial charge in [0.25, 0.3) is 0 Å². The van der Waals surface area contributed by atoms with E-state index in [0.717, 1.165) is 11.8 Å². The minimum atomic E-state index is -0.979. The Balaban J connectivity index is 2.17. The van der Waals surface area contributed by atoms with E-state index < -0.39 is 7.26 Å². The average molecular weight is 332 g/mol. The molecule has 3 unspecified atom stereocenters. The molecule has 128 valence electrons. The number of fused-ring (bicyclic) bond motifs is 1. The lowest BCUT2D eigenvalue weighted by Gasteiger charge is -2.50. The quantitative estimate of drug-likeness (QED) is 0.606. The van der Waals surface area contributed by atoms with Crippen molar-refractivity contribution in [2.24, 2.45) is 5.92 Å². The van der Waals surface area contributed by atoms with Crippen LogP contribution in [0.15, 0.2) is 30.3 Å². The van der Waals surface area contributed by atoms with Crippen LogP contribution in [0.25, 0.3) is 0 Å². The van der Waals surface area contributed by atoms with E-state index in [-0.39, 0.29) is 0 Å². The molecule has 2 aliphatic heterocycles. The van der Waals surface area contributed by atoms with Crippen LogP contribution < -0.4 is 0 Å². The second-order valence-corrected chi connectivity index (χ2v) is 12.4. The first-order valence-electron chi connectivity index (χ1n) is 9.86. The normalized spacial score (nSPS) is 31.5. The summed E-state index contributed by atoms with van der Waals surface area (Å²) in [6.07, 6.45) is 8.45. The van der Waals surface area contributed by atoms with Crippen molar-refractivity contribution in [1.29, 1.82) is 0 Å². The van der Waals surface area contributed by atoms with Gasteiger partial charge in [-0.15, -0.1) is 0 Å². The van der Waals surface area contributed by atoms with Crippen LogP contribution >= 0.6 is 7.26 Å². The van der Waals surface area contributed by atoms with Gasteiger partial charge >= 0.3 is 0 Å². The van der Waals surface area contributed by atoms with Crippen LogP contribution in [0.4, 0.5) is 0 Å². The van der Waals surface area contributed by atoms with Gasteiger partial charge in [-0.25, -0.2) is 0 Å². The summed E-state index contributed by atoms with van der Waals surface area (Å²) >= 11 is 0. The van der Waals surface area contributed by atoms with E-state index in [1.165, 1.54) is 50.8 Å². The fourth-order valence-electron chi connectivity index (χ4n) is 6.30. The standard InChI is InChI=1S/C21H35NP/c1-5-19-14-16-22-17-15-20(18-12-10-9-11-13-18)21(19,22)23(6-2,7-3)8-4/h9-13,19-20H,5-8,14-17H2,1-4H3/q+1. The smallest absolute Gasteiger partial charge is 0.141 e. The van der Waals surface area contributed by atoms with Gasteiger partial charge in [0.2, 0.25) is 0 Å². The molecular formula is C21H35NP+. The van der Waals surface area contributed by atoms with E-state index >= 15 is 0 Å². The van der Waals surface area contributed by atoms with Crippen molar-refractivity contribution in [3.8, 4) is 0 Å². The lowest BCUT2D eigenvalue weighted by Crippen LogP contribution is -2.50. The van der Waals surface area contributed by atoms with Crippen molar-refractivity contribution in [3.05, 3.63) is 35.9 Å². The Bertz CT molecular complexity index is 502. The monoisotopic (exact) mass is 332 g/mol. The molecule has 1 aromatic rings. The third-order valence-corrected chi connectivity index (χ3v) is 13.4. The maximum Gasteiger partial charge on any atom is 0.141 e. The zero-order chi connectivity index (χ0) is 16.5. The van der Waals surface area contributed by atoms with Gasteiger partial charge in [-0.1, -0.05) is 37.3 Å². The highest BCUT2D eigenvalue weighted by Crippen LogP contribution is 2.79. The molecule has 2 heterocycles. The third-order valence-electron chi connectivity index (χ3n) is 7.33. The zero-order valence-electron chi connectivity index (χ0n) is 15.6. The molecule has 0 aromatic heterocycles. The number of benzene rings is 1. The molecule has 3 rings (SSSR count). The second kappa shape index (κ2) is 6.85. The maximum absolute atomic E-state index is 2.98. The Kier molecular flexibility index (Phi) is 5.19. The number of hydrogen-bond acceptors (Lipinski definition) is 1. The van der Waals surface area contributed by atoms with Crippen molar-refractivity contribution >= 4 is 7.26 Å². The molecule has 0 saturated carbocycles. The first-order chi connectivity index (χ1) is 11.2. The first-order valence-corrected chi connectivity index (χ1v) is 12.2. The predicted molar refractivity (Wildman–Crippen MR) is 105 cm³/mol. The first kappa shape index (κ1) is 17.4. The fourth-order valence-corrected chi connectivity index (χ4v) is 12.0. The van der Waals surface area contributed by atoms with Crippen molar-refractivity contribution in [2.45, 2.75) is 58.2 Å². The zero-order valence-corrected chi connectivity index (χ0v) is 16.5. The van der Waals surface area contributed by atoms with Crippen LogP contribution in [-0.4, -0.2) is 41.8 Å². The minimum Gasteiger partial charge on any atom is -0.266 e. The average Bonchev–Trinajstić information content (AvgIpc) is 3.15. The van der Waals surface area contributed by atoms with E-state index in [4.69, 9.17) is 0 Å². The molecule has 0 N–H and O–H groups in total. The summed E-state index contributed by atoms with van der Waals surface area (Å²) in [7, 11) is -0.979. The van der Waals surface area contributed by atoms with Crippen LogP contribution in [0.5, 0.6) is 0 Å². The van der Waals surface area contributed by atoms with Crippen molar-refractivity contribution < 1.29 is 0 Å². The molecule has 2 fully saturated rings. The summed E-state index contributed by atoms with van der Waals surface area (Å²) in [5, 5.41) is 0.501. The van der Waals surface area contributed by atoms with Gasteiger partial charge in [-0.3, -0.25) is 4.90 Å². The topological polar surface area (TPSA) is 3.24 Å². The summed E-state index contributed by atoms with van der Waals surface area (Å²) in [6, 6.07) is 11.5. The lowest BCUT2D eigenvalue weighted by atomic mass is 9.82. The largest absolute Gasteiger partial charge is 0.266 e. The number of rotatable bonds is 6. The van der Waals surface area contributed by atoms with Crippen LogP contribution in [0, 0.1) is 5.92 Å². The van der Waals surface area contributed by atoms with E-state index in [9.17, 15) is 0 Å². The summed E-state index contributed by atoms with van der Waals surface area (Å²) in [5.74, 6) is 1.67. The van der Waals surface area contributed by atoms with Gasteiger partial charge in [0.15, 0.2) is 0 Å². The van der Waals surface area contributed by atoms with Crippen LogP contribution in [0.3, 0.4) is 0 Å². The van der Waals surface area contributed by atoms with Crippen LogP contribution in [0.1, 0.15) is 58.4 Å². The summed E-state index contributed by atoms with van der Waals surface area (Å²) < 4.78 is 0. The highest BCUT2D eigenvalue weighted by Gasteiger charge is 2.70. The molecule has 0 bridgehead atoms. The van der Waals surface area contributed by atoms with Crippen molar-refractivity contribution in [2.75, 3.05) is 31.6 Å². The van der Waals surface area contributed by atoms with E-state index in [1.807, 2.05) is 0 Å². The Hall–Kier alpha value is -0.390. The van der Waals surface area contributed by atoms with E-state index in [2.05, 4.69) is 62.9 Å². The van der Waals surface area contributed by atoms with Gasteiger partial charge in [0.05, 0.1) is 18.5 Å². The molecular weight excluding hydrogens is 297 g/mol. The van der Waals surface area contributed by atoms with Gasteiger partial charge < -0.3 is 0 Å². The highest BCUT2D eigenvalue weighted by molar-refractivity contribution is 7.77. The second-order valence-electron chi connectivity index (χ2n) is 7.51. The molecule has 0 amide bonds. The minimum absolute atomic E-state index is 0.501. The molecule has 0 spiro atoms. The van der Waals surface area contributed by atoms with Crippen molar-refractivity contribution in [1.82, 2.24) is 4.90 Å². The molecule has 1 nitrogen and oxygen atoms in total. The Morgan fingerprint density at radius 3 is 2.13 bits per heavy atom. The van der Waals surface area contributed by atoms with Crippen LogP contribution in [-0.2, 0) is 0 Å². The Morgan fingerprint density at radius 2 is 1.57 bits per heavy atom. The summed E-state index contributed by atoms with van der Waals surface area (Å²) in [6.45, 7) is 12.6. The fraction of sp³-hybridized carbons (Fsp3) is 0.714.